The molecule has 0 bridgehead atoms. The molecule has 4 heteroatoms. The van der Waals surface area contributed by atoms with Gasteiger partial charge >= 0.3 is 0 Å². The molecule has 17 heavy (non-hydrogen) atoms. The van der Waals surface area contributed by atoms with E-state index in [0.29, 0.717) is 19.8 Å². The van der Waals surface area contributed by atoms with Crippen LogP contribution in [-0.4, -0.2) is 32.5 Å². The van der Waals surface area contributed by atoms with Gasteiger partial charge in [-0.3, -0.25) is 0 Å². The first-order valence-electron chi connectivity index (χ1n) is 6.05. The van der Waals surface area contributed by atoms with E-state index in [4.69, 9.17) is 19.9 Å². The Bertz CT molecular complexity index is 402. The Morgan fingerprint density at radius 2 is 2.18 bits per heavy atom. The van der Waals surface area contributed by atoms with Crippen molar-refractivity contribution in [3.8, 4) is 5.75 Å². The number of hydrogen-bond acceptors (Lipinski definition) is 4. The van der Waals surface area contributed by atoms with E-state index in [-0.39, 0.29) is 12.1 Å². The van der Waals surface area contributed by atoms with Crippen LogP contribution in [0.5, 0.6) is 5.75 Å². The second-order valence-electron chi connectivity index (χ2n) is 4.48. The molecule has 0 spiro atoms. The molecular formula is C13H17NO3. The highest BCUT2D eigenvalue weighted by molar-refractivity contribution is 5.41. The summed E-state index contributed by atoms with van der Waals surface area (Å²) in [6.45, 7) is 2.65. The first-order chi connectivity index (χ1) is 8.34. The van der Waals surface area contributed by atoms with Crippen LogP contribution < -0.4 is 10.5 Å². The van der Waals surface area contributed by atoms with Gasteiger partial charge in [-0.1, -0.05) is 12.1 Å². The maximum Gasteiger partial charge on any atom is 0.122 e. The molecule has 0 radical (unpaired) electrons. The average Bonchev–Trinajstić information content (AvgIpc) is 2.86. The zero-order chi connectivity index (χ0) is 11.7. The Kier molecular flexibility index (Phi) is 3.01. The van der Waals surface area contributed by atoms with Gasteiger partial charge in [-0.05, 0) is 17.2 Å². The van der Waals surface area contributed by atoms with E-state index in [1.54, 1.807) is 0 Å². The van der Waals surface area contributed by atoms with Crippen LogP contribution in [0.4, 0.5) is 0 Å². The third-order valence-electron chi connectivity index (χ3n) is 3.34. The lowest BCUT2D eigenvalue weighted by atomic mass is 9.99. The monoisotopic (exact) mass is 235 g/mol. The smallest absolute Gasteiger partial charge is 0.122 e. The van der Waals surface area contributed by atoms with Crippen molar-refractivity contribution in [2.75, 3.05) is 26.4 Å². The first-order valence-corrected chi connectivity index (χ1v) is 6.05. The summed E-state index contributed by atoms with van der Waals surface area (Å²) in [5, 5.41) is 0. The molecule has 2 aliphatic rings. The van der Waals surface area contributed by atoms with Gasteiger partial charge in [0.25, 0.3) is 0 Å². The van der Waals surface area contributed by atoms with E-state index in [0.717, 1.165) is 24.3 Å². The Hall–Kier alpha value is -1.10. The standard InChI is InChI=1S/C13H17NO3/c14-13(12-8-15-5-6-17-12)10-1-2-11-9(7-10)3-4-16-11/h1-2,7,12-13H,3-6,8,14H2. The molecule has 0 aliphatic carbocycles. The van der Waals surface area contributed by atoms with Crippen molar-refractivity contribution in [1.29, 1.82) is 0 Å². The van der Waals surface area contributed by atoms with E-state index < -0.39 is 0 Å². The number of nitrogens with two attached hydrogens (primary N) is 1. The lowest BCUT2D eigenvalue weighted by Gasteiger charge is -2.28. The molecule has 4 nitrogen and oxygen atoms in total. The summed E-state index contributed by atoms with van der Waals surface area (Å²) in [5.41, 5.74) is 8.56. The number of hydrogen-bond donors (Lipinski definition) is 1. The fourth-order valence-electron chi connectivity index (χ4n) is 2.34. The third-order valence-corrected chi connectivity index (χ3v) is 3.34. The predicted octanol–water partition coefficient (Wildman–Crippen LogP) is 1.04. The summed E-state index contributed by atoms with van der Waals surface area (Å²) in [7, 11) is 0. The van der Waals surface area contributed by atoms with Crippen molar-refractivity contribution in [3.05, 3.63) is 29.3 Å². The molecule has 1 fully saturated rings. The Morgan fingerprint density at radius 1 is 1.24 bits per heavy atom. The largest absolute Gasteiger partial charge is 0.493 e. The lowest BCUT2D eigenvalue weighted by molar-refractivity contribution is -0.0975. The number of ether oxygens (including phenoxy) is 3. The predicted molar refractivity (Wildman–Crippen MR) is 63.1 cm³/mol. The SMILES string of the molecule is NC(c1ccc2c(c1)CCO2)C1COCCO1. The van der Waals surface area contributed by atoms with Gasteiger partial charge in [-0.15, -0.1) is 0 Å². The molecule has 0 amide bonds. The van der Waals surface area contributed by atoms with Gasteiger partial charge in [0.1, 0.15) is 11.9 Å². The van der Waals surface area contributed by atoms with E-state index in [2.05, 4.69) is 6.07 Å². The summed E-state index contributed by atoms with van der Waals surface area (Å²) in [6, 6.07) is 6.03. The molecule has 1 saturated heterocycles. The van der Waals surface area contributed by atoms with Gasteiger partial charge in [0.05, 0.1) is 32.5 Å². The van der Waals surface area contributed by atoms with Crippen LogP contribution >= 0.6 is 0 Å². The van der Waals surface area contributed by atoms with E-state index in [9.17, 15) is 0 Å². The molecule has 3 rings (SSSR count). The molecule has 92 valence electrons. The summed E-state index contributed by atoms with van der Waals surface area (Å²) >= 11 is 0. The molecular weight excluding hydrogens is 218 g/mol. The molecule has 2 aliphatic heterocycles. The summed E-state index contributed by atoms with van der Waals surface area (Å²) in [4.78, 5) is 0. The Morgan fingerprint density at radius 3 is 3.00 bits per heavy atom. The van der Waals surface area contributed by atoms with Crippen LogP contribution in [-0.2, 0) is 15.9 Å². The zero-order valence-corrected chi connectivity index (χ0v) is 9.72. The van der Waals surface area contributed by atoms with Gasteiger partial charge in [-0.2, -0.15) is 0 Å². The third kappa shape index (κ3) is 2.16. The van der Waals surface area contributed by atoms with Gasteiger partial charge in [0.15, 0.2) is 0 Å². The second-order valence-corrected chi connectivity index (χ2v) is 4.48. The Labute approximate surface area is 101 Å². The van der Waals surface area contributed by atoms with Gasteiger partial charge in [-0.25, -0.2) is 0 Å². The van der Waals surface area contributed by atoms with Crippen molar-refractivity contribution in [1.82, 2.24) is 0 Å². The highest BCUT2D eigenvalue weighted by Crippen LogP contribution is 2.29. The van der Waals surface area contributed by atoms with Crippen molar-refractivity contribution in [3.63, 3.8) is 0 Å². The highest BCUT2D eigenvalue weighted by atomic mass is 16.6. The maximum atomic E-state index is 6.22. The minimum atomic E-state index is -0.124. The van der Waals surface area contributed by atoms with Crippen LogP contribution in [0.1, 0.15) is 17.2 Å². The van der Waals surface area contributed by atoms with E-state index >= 15 is 0 Å². The lowest BCUT2D eigenvalue weighted by Crippen LogP contribution is -2.37. The molecule has 2 heterocycles. The minimum Gasteiger partial charge on any atom is -0.493 e. The molecule has 2 unspecified atom stereocenters. The van der Waals surface area contributed by atoms with Crippen LogP contribution in [0.25, 0.3) is 0 Å². The van der Waals surface area contributed by atoms with Crippen molar-refractivity contribution in [2.45, 2.75) is 18.6 Å². The average molecular weight is 235 g/mol. The van der Waals surface area contributed by atoms with Crippen molar-refractivity contribution >= 4 is 0 Å². The topological polar surface area (TPSA) is 53.7 Å². The van der Waals surface area contributed by atoms with E-state index in [1.165, 1.54) is 5.56 Å². The second kappa shape index (κ2) is 4.64. The number of benzene rings is 1. The molecule has 0 saturated carbocycles. The molecule has 1 aromatic carbocycles. The quantitative estimate of drug-likeness (QED) is 0.832. The van der Waals surface area contributed by atoms with E-state index in [1.807, 2.05) is 12.1 Å². The maximum absolute atomic E-state index is 6.22. The highest BCUT2D eigenvalue weighted by Gasteiger charge is 2.24. The summed E-state index contributed by atoms with van der Waals surface area (Å²) in [5.74, 6) is 0.988. The van der Waals surface area contributed by atoms with Crippen LogP contribution in [0.15, 0.2) is 18.2 Å². The van der Waals surface area contributed by atoms with Crippen LogP contribution in [0.2, 0.25) is 0 Å². The van der Waals surface area contributed by atoms with Crippen molar-refractivity contribution < 1.29 is 14.2 Å². The van der Waals surface area contributed by atoms with Gasteiger partial charge < -0.3 is 19.9 Å². The molecule has 2 N–H and O–H groups in total. The molecule has 0 aromatic heterocycles. The molecule has 1 aromatic rings. The first kappa shape index (κ1) is 11.0. The van der Waals surface area contributed by atoms with Crippen LogP contribution in [0, 0.1) is 0 Å². The summed E-state index contributed by atoms with van der Waals surface area (Å²) in [6.07, 6.45) is 0.932. The van der Waals surface area contributed by atoms with Gasteiger partial charge in [0, 0.05) is 6.42 Å². The number of fused-ring (bicyclic) bond motifs is 1. The van der Waals surface area contributed by atoms with Gasteiger partial charge in [0.2, 0.25) is 0 Å². The Balaban J connectivity index is 1.78. The van der Waals surface area contributed by atoms with Crippen molar-refractivity contribution in [2.24, 2.45) is 5.73 Å². The minimum absolute atomic E-state index is 0.0379. The number of rotatable bonds is 2. The summed E-state index contributed by atoms with van der Waals surface area (Å²) < 4.78 is 16.5. The zero-order valence-electron chi connectivity index (χ0n) is 9.72. The normalized spacial score (nSPS) is 25.1. The fraction of sp³-hybridized carbons (Fsp3) is 0.538. The fourth-order valence-corrected chi connectivity index (χ4v) is 2.34. The van der Waals surface area contributed by atoms with Crippen LogP contribution in [0.3, 0.4) is 0 Å². The molecule has 2 atom stereocenters.